The molecule has 1 aromatic carbocycles. The molecule has 14 heavy (non-hydrogen) atoms. The van der Waals surface area contributed by atoms with E-state index in [9.17, 15) is 4.79 Å². The molecule has 0 aromatic heterocycles. The summed E-state index contributed by atoms with van der Waals surface area (Å²) in [6.45, 7) is 3.73. The molecule has 74 valence electrons. The molecule has 0 atom stereocenters. The number of methoxy groups -OCH3 is 1. The molecule has 0 amide bonds. The van der Waals surface area contributed by atoms with Gasteiger partial charge in [-0.3, -0.25) is 4.79 Å². The zero-order valence-corrected chi connectivity index (χ0v) is 8.70. The third-order valence-electron chi connectivity index (χ3n) is 2.02. The van der Waals surface area contributed by atoms with E-state index in [1.54, 1.807) is 31.4 Å². The number of allylic oxidation sites excluding steroid dienone is 2. The van der Waals surface area contributed by atoms with Crippen molar-refractivity contribution >= 4 is 5.78 Å². The molecule has 0 unspecified atom stereocenters. The molecule has 0 aliphatic carbocycles. The van der Waals surface area contributed by atoms with Crippen LogP contribution in [0.3, 0.4) is 0 Å². The van der Waals surface area contributed by atoms with Crippen molar-refractivity contribution in [1.29, 1.82) is 0 Å². The highest BCUT2D eigenvalue weighted by Gasteiger charge is 2.05. The largest absolute Gasteiger partial charge is 0.497 e. The molecule has 0 N–H and O–H groups in total. The third kappa shape index (κ3) is 2.22. The summed E-state index contributed by atoms with van der Waals surface area (Å²) in [4.78, 5) is 11.5. The first-order chi connectivity index (χ1) is 6.69. The highest BCUT2D eigenvalue weighted by Crippen LogP contribution is 2.17. The van der Waals surface area contributed by atoms with Crippen LogP contribution in [0.1, 0.15) is 22.8 Å². The topological polar surface area (TPSA) is 26.3 Å². The molecule has 1 aromatic rings. The minimum Gasteiger partial charge on any atom is -0.497 e. The maximum atomic E-state index is 11.5. The number of carbonyl (C=O) groups is 1. The average molecular weight is 190 g/mol. The van der Waals surface area contributed by atoms with Gasteiger partial charge in [0.05, 0.1) is 7.11 Å². The first kappa shape index (κ1) is 10.5. The fourth-order valence-electron chi connectivity index (χ4n) is 1.28. The van der Waals surface area contributed by atoms with Crippen molar-refractivity contribution in [3.8, 4) is 5.75 Å². The summed E-state index contributed by atoms with van der Waals surface area (Å²) in [5.41, 5.74) is 1.66. The number of ketones is 1. The lowest BCUT2D eigenvalue weighted by Gasteiger charge is -2.04. The Morgan fingerprint density at radius 1 is 1.43 bits per heavy atom. The first-order valence-electron chi connectivity index (χ1n) is 4.50. The molecular weight excluding hydrogens is 176 g/mol. The van der Waals surface area contributed by atoms with Gasteiger partial charge in [0.2, 0.25) is 0 Å². The lowest BCUT2D eigenvalue weighted by Crippen LogP contribution is -1.98. The maximum Gasteiger partial charge on any atom is 0.185 e. The minimum atomic E-state index is 0.0349. The molecule has 0 saturated carbocycles. The molecule has 0 fully saturated rings. The van der Waals surface area contributed by atoms with Crippen LogP contribution in [0.15, 0.2) is 30.4 Å². The summed E-state index contributed by atoms with van der Waals surface area (Å²) in [5, 5.41) is 0. The van der Waals surface area contributed by atoms with Crippen molar-refractivity contribution in [3.63, 3.8) is 0 Å². The van der Waals surface area contributed by atoms with Crippen LogP contribution >= 0.6 is 0 Å². The number of carbonyl (C=O) groups excluding carboxylic acids is 1. The molecule has 0 bridgehead atoms. The van der Waals surface area contributed by atoms with E-state index in [4.69, 9.17) is 4.74 Å². The van der Waals surface area contributed by atoms with E-state index in [1.165, 1.54) is 0 Å². The summed E-state index contributed by atoms with van der Waals surface area (Å²) in [5.74, 6) is 0.812. The Hall–Kier alpha value is -1.57. The summed E-state index contributed by atoms with van der Waals surface area (Å²) in [6, 6.07) is 5.44. The van der Waals surface area contributed by atoms with Crippen LogP contribution in [0.25, 0.3) is 0 Å². The van der Waals surface area contributed by atoms with Gasteiger partial charge >= 0.3 is 0 Å². The molecule has 0 saturated heterocycles. The van der Waals surface area contributed by atoms with E-state index in [2.05, 4.69) is 0 Å². The Balaban J connectivity index is 3.05. The fourth-order valence-corrected chi connectivity index (χ4v) is 1.28. The Bertz CT molecular complexity index is 365. The van der Waals surface area contributed by atoms with Gasteiger partial charge in [-0.15, -0.1) is 0 Å². The lowest BCUT2D eigenvalue weighted by molar-refractivity contribution is 0.104. The van der Waals surface area contributed by atoms with Gasteiger partial charge in [-0.05, 0) is 43.7 Å². The Morgan fingerprint density at radius 2 is 2.14 bits per heavy atom. The second-order valence-electron chi connectivity index (χ2n) is 3.05. The average Bonchev–Trinajstić information content (AvgIpc) is 2.17. The number of ether oxygens (including phenoxy) is 1. The minimum absolute atomic E-state index is 0.0349. The molecule has 0 heterocycles. The van der Waals surface area contributed by atoms with Crippen molar-refractivity contribution in [3.05, 3.63) is 41.5 Å². The predicted octanol–water partition coefficient (Wildman–Crippen LogP) is 2.76. The highest BCUT2D eigenvalue weighted by molar-refractivity contribution is 6.05. The van der Waals surface area contributed by atoms with E-state index in [-0.39, 0.29) is 5.78 Å². The van der Waals surface area contributed by atoms with Crippen molar-refractivity contribution in [2.75, 3.05) is 7.11 Å². The first-order valence-corrected chi connectivity index (χ1v) is 4.50. The Kier molecular flexibility index (Phi) is 3.46. The number of rotatable bonds is 3. The van der Waals surface area contributed by atoms with Crippen LogP contribution in [0.2, 0.25) is 0 Å². The number of hydrogen-bond acceptors (Lipinski definition) is 2. The number of aryl methyl sites for hydroxylation is 1. The summed E-state index contributed by atoms with van der Waals surface area (Å²) in [7, 11) is 1.61. The summed E-state index contributed by atoms with van der Waals surface area (Å²) in [6.07, 6.45) is 3.31. The van der Waals surface area contributed by atoms with Crippen molar-refractivity contribution < 1.29 is 9.53 Å². The van der Waals surface area contributed by atoms with Crippen LogP contribution < -0.4 is 4.74 Å². The maximum absolute atomic E-state index is 11.5. The van der Waals surface area contributed by atoms with Crippen LogP contribution in [0.4, 0.5) is 0 Å². The van der Waals surface area contributed by atoms with Gasteiger partial charge < -0.3 is 4.74 Å². The second kappa shape index (κ2) is 4.61. The van der Waals surface area contributed by atoms with Crippen LogP contribution in [-0.4, -0.2) is 12.9 Å². The SMILES string of the molecule is CC=CC(=O)c1ccc(OC)cc1C. The van der Waals surface area contributed by atoms with E-state index >= 15 is 0 Å². The normalized spacial score (nSPS) is 10.5. The van der Waals surface area contributed by atoms with Gasteiger partial charge in [0.1, 0.15) is 5.75 Å². The molecular formula is C12H14O2. The standard InChI is InChI=1S/C12H14O2/c1-4-5-12(13)11-7-6-10(14-3)8-9(11)2/h4-8H,1-3H3. The van der Waals surface area contributed by atoms with Gasteiger partial charge in [-0.1, -0.05) is 6.08 Å². The Morgan fingerprint density at radius 3 is 2.64 bits per heavy atom. The van der Waals surface area contributed by atoms with Gasteiger partial charge in [0.25, 0.3) is 0 Å². The quantitative estimate of drug-likeness (QED) is 0.541. The van der Waals surface area contributed by atoms with Crippen LogP contribution in [-0.2, 0) is 0 Å². The van der Waals surface area contributed by atoms with Crippen molar-refractivity contribution in [2.24, 2.45) is 0 Å². The molecule has 1 rings (SSSR count). The zero-order chi connectivity index (χ0) is 10.6. The zero-order valence-electron chi connectivity index (χ0n) is 8.70. The predicted molar refractivity (Wildman–Crippen MR) is 56.9 cm³/mol. The van der Waals surface area contributed by atoms with Gasteiger partial charge in [0, 0.05) is 5.56 Å². The van der Waals surface area contributed by atoms with Gasteiger partial charge in [-0.25, -0.2) is 0 Å². The van der Waals surface area contributed by atoms with Crippen molar-refractivity contribution in [1.82, 2.24) is 0 Å². The smallest absolute Gasteiger partial charge is 0.185 e. The molecule has 0 aliphatic heterocycles. The lowest BCUT2D eigenvalue weighted by atomic mass is 10.0. The Labute approximate surface area is 84.2 Å². The molecule has 2 nitrogen and oxygen atoms in total. The van der Waals surface area contributed by atoms with Crippen LogP contribution in [0, 0.1) is 6.92 Å². The summed E-state index contributed by atoms with van der Waals surface area (Å²) >= 11 is 0. The fraction of sp³-hybridized carbons (Fsp3) is 0.250. The van der Waals surface area contributed by atoms with Gasteiger partial charge in [-0.2, -0.15) is 0 Å². The van der Waals surface area contributed by atoms with E-state index in [1.807, 2.05) is 19.9 Å². The van der Waals surface area contributed by atoms with E-state index in [0.717, 1.165) is 16.9 Å². The summed E-state index contributed by atoms with van der Waals surface area (Å²) < 4.78 is 5.06. The van der Waals surface area contributed by atoms with Crippen molar-refractivity contribution in [2.45, 2.75) is 13.8 Å². The molecule has 2 heteroatoms. The van der Waals surface area contributed by atoms with Crippen LogP contribution in [0.5, 0.6) is 5.75 Å². The monoisotopic (exact) mass is 190 g/mol. The van der Waals surface area contributed by atoms with E-state index < -0.39 is 0 Å². The third-order valence-corrected chi connectivity index (χ3v) is 2.02. The molecule has 0 spiro atoms. The number of hydrogen-bond donors (Lipinski definition) is 0. The second-order valence-corrected chi connectivity index (χ2v) is 3.05. The highest BCUT2D eigenvalue weighted by atomic mass is 16.5. The van der Waals surface area contributed by atoms with Gasteiger partial charge in [0.15, 0.2) is 5.78 Å². The molecule has 0 aliphatic rings. The molecule has 0 radical (unpaired) electrons. The number of benzene rings is 1. The van der Waals surface area contributed by atoms with E-state index in [0.29, 0.717) is 0 Å².